The van der Waals surface area contributed by atoms with Gasteiger partial charge in [0.1, 0.15) is 47.9 Å². The molecule has 0 bridgehead atoms. The molecule has 2 saturated heterocycles. The maximum Gasteiger partial charge on any atom is 0.289 e. The van der Waals surface area contributed by atoms with Crippen LogP contribution in [0, 0.1) is 23.2 Å². The Morgan fingerprint density at radius 2 is 1.45 bits per heavy atom. The number of benzene rings is 2. The highest BCUT2D eigenvalue weighted by atomic mass is 16.5. The summed E-state index contributed by atoms with van der Waals surface area (Å²) in [7, 11) is 1.34. The molecule has 5 fully saturated rings. The Bertz CT molecular complexity index is 3080. The number of imide groups is 2. The smallest absolute Gasteiger partial charge is 0.289 e. The lowest BCUT2D eigenvalue weighted by atomic mass is 9.82. The molecular formula is C61H78N10O14. The van der Waals surface area contributed by atoms with Crippen molar-refractivity contribution in [2.75, 3.05) is 53.2 Å². The van der Waals surface area contributed by atoms with Crippen LogP contribution in [0.5, 0.6) is 5.75 Å². The van der Waals surface area contributed by atoms with Crippen LogP contribution in [-0.4, -0.2) is 179 Å². The molecule has 0 spiro atoms. The Balaban J connectivity index is 0.731. The number of hydrogen-bond donors (Lipinski definition) is 5. The van der Waals surface area contributed by atoms with Crippen molar-refractivity contribution in [3.63, 3.8) is 0 Å². The number of rotatable bonds is 25. The van der Waals surface area contributed by atoms with E-state index in [4.69, 9.17) is 14.2 Å². The third kappa shape index (κ3) is 14.2. The number of ketones is 1. The predicted octanol–water partition coefficient (Wildman–Crippen LogP) is 3.18. The molecule has 6 aliphatic rings. The molecule has 1 aromatic heterocycles. The van der Waals surface area contributed by atoms with E-state index in [1.807, 2.05) is 27.7 Å². The number of likely N-dealkylation sites (tertiary alicyclic amines) is 2. The van der Waals surface area contributed by atoms with Crippen molar-refractivity contribution < 1.29 is 67.0 Å². The van der Waals surface area contributed by atoms with Crippen LogP contribution >= 0.6 is 0 Å². The topological polar surface area (TPSA) is 311 Å². The minimum Gasteiger partial charge on any atom is -0.491 e. The second-order valence-corrected chi connectivity index (χ2v) is 24.2. The fourth-order valence-corrected chi connectivity index (χ4v) is 12.5. The van der Waals surface area contributed by atoms with Gasteiger partial charge >= 0.3 is 0 Å². The van der Waals surface area contributed by atoms with E-state index >= 15 is 0 Å². The highest BCUT2D eigenvalue weighted by Crippen LogP contribution is 2.44. The van der Waals surface area contributed by atoms with Crippen LogP contribution in [0.2, 0.25) is 0 Å². The SMILES string of the molecule is CCC[C@H](NC(=O)[C@@H]1[C@H]2CCC[C@H]2CN1C(=O)[C@@H](NC(=O)[C@@H](NC(=O)c1cnc(C(=O)NCCOCCOCCOc2cc3c4c(cccc4c2)C(=O)N(C2CCC(=O)N(C)C2=O)C3=O)cn1)C1CCCCC1)C(C)(C)C)C(=O)C(=O)NC1CC1. The van der Waals surface area contributed by atoms with Gasteiger partial charge in [-0.15, -0.1) is 0 Å². The van der Waals surface area contributed by atoms with Crippen LogP contribution < -0.4 is 31.3 Å². The maximum atomic E-state index is 14.9. The summed E-state index contributed by atoms with van der Waals surface area (Å²) < 4.78 is 17.2. The number of Topliss-reactive ketones (excluding diaryl/α,β-unsaturated/α-hetero) is 1. The molecule has 2 aromatic carbocycles. The lowest BCUT2D eigenvalue weighted by Crippen LogP contribution is -2.62. The molecule has 10 amide bonds. The minimum atomic E-state index is -1.11. The molecule has 24 heteroatoms. The average molecular weight is 1180 g/mol. The van der Waals surface area contributed by atoms with Crippen molar-refractivity contribution in [1.29, 1.82) is 0 Å². The third-order valence-corrected chi connectivity index (χ3v) is 17.2. The first-order chi connectivity index (χ1) is 40.7. The van der Waals surface area contributed by atoms with Gasteiger partial charge in [-0.3, -0.25) is 62.5 Å². The van der Waals surface area contributed by atoms with Gasteiger partial charge in [0.15, 0.2) is 0 Å². The fraction of sp³-hybridized carbons (Fsp3) is 0.590. The molecule has 24 nitrogen and oxygen atoms in total. The largest absolute Gasteiger partial charge is 0.491 e. The van der Waals surface area contributed by atoms with E-state index in [1.165, 1.54) is 13.1 Å². The predicted molar refractivity (Wildman–Crippen MR) is 305 cm³/mol. The Morgan fingerprint density at radius 1 is 0.753 bits per heavy atom. The third-order valence-electron chi connectivity index (χ3n) is 17.2. The molecule has 4 heterocycles. The van der Waals surface area contributed by atoms with Gasteiger partial charge in [-0.25, -0.2) is 9.97 Å². The van der Waals surface area contributed by atoms with E-state index in [2.05, 4.69) is 36.6 Å². The van der Waals surface area contributed by atoms with Gasteiger partial charge in [0.25, 0.3) is 35.4 Å². The van der Waals surface area contributed by atoms with Gasteiger partial charge in [-0.1, -0.05) is 71.9 Å². The van der Waals surface area contributed by atoms with Crippen LogP contribution in [0.1, 0.15) is 159 Å². The molecule has 3 saturated carbocycles. The number of carbonyl (C=O) groups is 11. The van der Waals surface area contributed by atoms with Gasteiger partial charge in [0.2, 0.25) is 29.4 Å². The Morgan fingerprint density at radius 3 is 2.14 bits per heavy atom. The molecule has 1 unspecified atom stereocenters. The Hall–Kier alpha value is -7.73. The van der Waals surface area contributed by atoms with Gasteiger partial charge < -0.3 is 45.7 Å². The number of ether oxygens (including phenoxy) is 3. The summed E-state index contributed by atoms with van der Waals surface area (Å²) in [5.41, 5.74) is -0.553. The second-order valence-electron chi connectivity index (χ2n) is 24.2. The molecule has 9 rings (SSSR count). The summed E-state index contributed by atoms with van der Waals surface area (Å²) in [5.74, 6) is -6.43. The highest BCUT2D eigenvalue weighted by molar-refractivity contribution is 6.38. The number of fused-ring (bicyclic) bond motifs is 1. The Labute approximate surface area is 493 Å². The number of hydrogen-bond acceptors (Lipinski definition) is 16. The molecule has 3 aromatic rings. The number of nitrogens with one attached hydrogen (secondary N) is 5. The van der Waals surface area contributed by atoms with Crippen molar-refractivity contribution in [3.05, 3.63) is 65.2 Å². The van der Waals surface area contributed by atoms with Crippen LogP contribution in [0.15, 0.2) is 42.7 Å². The first-order valence-corrected chi connectivity index (χ1v) is 30.0. The van der Waals surface area contributed by atoms with Crippen LogP contribution in [0.3, 0.4) is 0 Å². The molecule has 5 N–H and O–H groups in total. The monoisotopic (exact) mass is 1170 g/mol. The van der Waals surface area contributed by atoms with E-state index in [0.29, 0.717) is 48.8 Å². The quantitative estimate of drug-likeness (QED) is 0.0462. The zero-order valence-corrected chi connectivity index (χ0v) is 49.0. The molecule has 7 atom stereocenters. The lowest BCUT2D eigenvalue weighted by Gasteiger charge is -2.38. The maximum absolute atomic E-state index is 14.9. The molecule has 85 heavy (non-hydrogen) atoms. The van der Waals surface area contributed by atoms with Gasteiger partial charge in [-0.05, 0) is 98.1 Å². The van der Waals surface area contributed by atoms with E-state index in [9.17, 15) is 52.7 Å². The number of piperidine rings is 1. The van der Waals surface area contributed by atoms with Crippen molar-refractivity contribution >= 4 is 75.6 Å². The van der Waals surface area contributed by atoms with Crippen LogP contribution in [0.4, 0.5) is 0 Å². The fourth-order valence-electron chi connectivity index (χ4n) is 12.5. The average Bonchev–Trinajstić information content (AvgIpc) is 3.03. The molecular weight excluding hydrogens is 1100 g/mol. The molecule has 0 radical (unpaired) electrons. The zero-order chi connectivity index (χ0) is 60.7. The second kappa shape index (κ2) is 27.1. The first kappa shape index (κ1) is 61.8. The number of aromatic nitrogens is 2. The van der Waals surface area contributed by atoms with E-state index in [-0.39, 0.29) is 111 Å². The standard InChI is InChI=1S/C61H78N10O14/c1-6-12-42(50(73)56(78)65-37-19-20-37)66-55(77)49-39-17-11-16-36(39)33-70(49)60(82)51(61(2,3)4)68-54(76)48(34-13-8-7-9-14-34)67-53(75)44-32-63-43(31-64-44)52(74)62-23-24-83-25-26-84-27-28-85-38-29-35-15-10-18-40-47(35)41(30-38)58(80)71(57(40)79)45-21-22-46(72)69(5)59(45)81/h10,15,18,29-32,34,36-37,39,42,45,48-49,51H,6-9,11-14,16-17,19-28,33H2,1-5H3,(H,62,74)(H,65,78)(H,66,77)(H,67,75)(H,68,76)/t36-,39-,42-,45?,48-,49-,51+/m0/s1. The van der Waals surface area contributed by atoms with Crippen LogP contribution in [-0.2, 0) is 43.0 Å². The van der Waals surface area contributed by atoms with E-state index < -0.39 is 94.6 Å². The molecule has 456 valence electrons. The summed E-state index contributed by atoms with van der Waals surface area (Å²) in [6.07, 6.45) is 11.2. The summed E-state index contributed by atoms with van der Waals surface area (Å²) >= 11 is 0. The van der Waals surface area contributed by atoms with Crippen molar-refractivity contribution in [2.45, 2.75) is 154 Å². The summed E-state index contributed by atoms with van der Waals surface area (Å²) in [6.45, 7) is 8.57. The minimum absolute atomic E-state index is 0.0254. The summed E-state index contributed by atoms with van der Waals surface area (Å²) in [5, 5.41) is 15.2. The van der Waals surface area contributed by atoms with E-state index in [1.54, 1.807) is 29.2 Å². The zero-order valence-electron chi connectivity index (χ0n) is 49.0. The van der Waals surface area contributed by atoms with Crippen molar-refractivity contribution in [3.8, 4) is 5.75 Å². The van der Waals surface area contributed by atoms with Gasteiger partial charge in [0.05, 0.1) is 50.4 Å². The highest BCUT2D eigenvalue weighted by Gasteiger charge is 2.53. The number of amides is 10. The Kier molecular flexibility index (Phi) is 19.7. The van der Waals surface area contributed by atoms with Crippen LogP contribution in [0.25, 0.3) is 10.8 Å². The van der Waals surface area contributed by atoms with Crippen molar-refractivity contribution in [2.24, 2.45) is 23.2 Å². The number of carbonyl (C=O) groups excluding carboxylic acids is 11. The first-order valence-electron chi connectivity index (χ1n) is 30.0. The number of nitrogens with zero attached hydrogens (tertiary/aromatic N) is 5. The summed E-state index contributed by atoms with van der Waals surface area (Å²) in [4.78, 5) is 161. The number of likely N-dealkylation sites (N-methyl/N-ethyl adjacent to an activating group) is 1. The van der Waals surface area contributed by atoms with Gasteiger partial charge in [-0.2, -0.15) is 0 Å². The normalized spacial score (nSPS) is 21.7. The molecule has 3 aliphatic carbocycles. The molecule has 3 aliphatic heterocycles. The lowest BCUT2D eigenvalue weighted by molar-refractivity contribution is -0.149. The van der Waals surface area contributed by atoms with Crippen molar-refractivity contribution in [1.82, 2.24) is 51.3 Å². The van der Waals surface area contributed by atoms with E-state index in [0.717, 1.165) is 67.1 Å². The van der Waals surface area contributed by atoms with Gasteiger partial charge in [0, 0.05) is 43.5 Å². The summed E-state index contributed by atoms with van der Waals surface area (Å²) in [6, 6.07) is 3.05.